The second-order valence-electron chi connectivity index (χ2n) is 4.16. The van der Waals surface area contributed by atoms with E-state index in [1.54, 1.807) is 6.08 Å². The van der Waals surface area contributed by atoms with Crippen LogP contribution >= 0.6 is 15.9 Å². The number of sulfone groups is 1. The van der Waals surface area contributed by atoms with Crippen LogP contribution in [0.15, 0.2) is 34.8 Å². The van der Waals surface area contributed by atoms with Crippen LogP contribution in [0, 0.1) is 0 Å². The van der Waals surface area contributed by atoms with Gasteiger partial charge in [-0.1, -0.05) is 28.1 Å². The van der Waals surface area contributed by atoms with E-state index in [1.165, 1.54) is 12.3 Å². The van der Waals surface area contributed by atoms with E-state index >= 15 is 0 Å². The topological polar surface area (TPSA) is 63.2 Å². The van der Waals surface area contributed by atoms with Crippen LogP contribution in [0.5, 0.6) is 0 Å². The summed E-state index contributed by atoms with van der Waals surface area (Å²) in [5, 5.41) is 2.64. The standard InChI is InChI=1S/C13H16BrNO3S/c1-19(17,18)10-2-9-15-13(16)8-5-11-3-6-12(14)7-4-11/h3-8H,2,9-10H2,1H3,(H,15,16). The first-order valence-corrected chi connectivity index (χ1v) is 8.61. The minimum absolute atomic E-state index is 0.0870. The Morgan fingerprint density at radius 1 is 1.32 bits per heavy atom. The number of carbonyl (C=O) groups excluding carboxylic acids is 1. The first-order chi connectivity index (χ1) is 8.87. The SMILES string of the molecule is CS(=O)(=O)CCCNC(=O)C=Cc1ccc(Br)cc1. The predicted molar refractivity (Wildman–Crippen MR) is 80.5 cm³/mol. The van der Waals surface area contributed by atoms with Gasteiger partial charge in [-0.25, -0.2) is 8.42 Å². The minimum Gasteiger partial charge on any atom is -0.353 e. The molecule has 6 heteroatoms. The maximum absolute atomic E-state index is 11.5. The number of amides is 1. The fourth-order valence-corrected chi connectivity index (χ4v) is 2.28. The Labute approximate surface area is 122 Å². The quantitative estimate of drug-likeness (QED) is 0.633. The third-order valence-corrected chi connectivity index (χ3v) is 3.85. The van der Waals surface area contributed by atoms with Gasteiger partial charge in [0.25, 0.3) is 0 Å². The summed E-state index contributed by atoms with van der Waals surface area (Å²) in [7, 11) is -2.96. The minimum atomic E-state index is -2.96. The molecule has 1 N–H and O–H groups in total. The van der Waals surface area contributed by atoms with E-state index in [-0.39, 0.29) is 11.7 Å². The second kappa shape index (κ2) is 7.45. The Bertz CT molecular complexity index is 550. The molecule has 0 atom stereocenters. The highest BCUT2D eigenvalue weighted by molar-refractivity contribution is 9.10. The average molecular weight is 346 g/mol. The van der Waals surface area contributed by atoms with Crippen LogP contribution in [0.25, 0.3) is 6.08 Å². The van der Waals surface area contributed by atoms with Crippen LogP contribution in [0.1, 0.15) is 12.0 Å². The van der Waals surface area contributed by atoms with Crippen molar-refractivity contribution in [2.75, 3.05) is 18.6 Å². The van der Waals surface area contributed by atoms with Crippen molar-refractivity contribution < 1.29 is 13.2 Å². The van der Waals surface area contributed by atoms with E-state index in [4.69, 9.17) is 0 Å². The Kier molecular flexibility index (Phi) is 6.24. The summed E-state index contributed by atoms with van der Waals surface area (Å²) in [5.74, 6) is -0.139. The van der Waals surface area contributed by atoms with Crippen molar-refractivity contribution in [1.82, 2.24) is 5.32 Å². The van der Waals surface area contributed by atoms with E-state index in [0.29, 0.717) is 13.0 Å². The Morgan fingerprint density at radius 3 is 2.53 bits per heavy atom. The van der Waals surface area contributed by atoms with Crippen LogP contribution in [-0.4, -0.2) is 32.9 Å². The first kappa shape index (κ1) is 15.9. The number of hydrogen-bond acceptors (Lipinski definition) is 3. The highest BCUT2D eigenvalue weighted by atomic mass is 79.9. The van der Waals surface area contributed by atoms with Gasteiger partial charge in [0.2, 0.25) is 5.91 Å². The molecular weight excluding hydrogens is 330 g/mol. The van der Waals surface area contributed by atoms with Gasteiger partial charge in [-0.2, -0.15) is 0 Å². The lowest BCUT2D eigenvalue weighted by molar-refractivity contribution is -0.116. The molecule has 104 valence electrons. The van der Waals surface area contributed by atoms with E-state index < -0.39 is 9.84 Å². The first-order valence-electron chi connectivity index (χ1n) is 5.76. The smallest absolute Gasteiger partial charge is 0.243 e. The average Bonchev–Trinajstić information content (AvgIpc) is 2.33. The Morgan fingerprint density at radius 2 is 1.95 bits per heavy atom. The zero-order valence-corrected chi connectivity index (χ0v) is 13.0. The highest BCUT2D eigenvalue weighted by Crippen LogP contribution is 2.11. The van der Waals surface area contributed by atoms with Gasteiger partial charge in [-0.05, 0) is 30.2 Å². The van der Waals surface area contributed by atoms with Crippen LogP contribution < -0.4 is 5.32 Å². The Balaban J connectivity index is 2.33. The van der Waals surface area contributed by atoms with Gasteiger partial charge in [-0.3, -0.25) is 4.79 Å². The van der Waals surface area contributed by atoms with E-state index in [0.717, 1.165) is 10.0 Å². The van der Waals surface area contributed by atoms with Gasteiger partial charge in [0.15, 0.2) is 0 Å². The second-order valence-corrected chi connectivity index (χ2v) is 7.33. The fraction of sp³-hybridized carbons (Fsp3) is 0.308. The van der Waals surface area contributed by atoms with Crippen LogP contribution in [-0.2, 0) is 14.6 Å². The van der Waals surface area contributed by atoms with E-state index in [2.05, 4.69) is 21.2 Å². The maximum Gasteiger partial charge on any atom is 0.243 e. The lowest BCUT2D eigenvalue weighted by Crippen LogP contribution is -2.23. The summed E-state index contributed by atoms with van der Waals surface area (Å²) in [4.78, 5) is 11.5. The van der Waals surface area contributed by atoms with Crippen molar-refractivity contribution in [1.29, 1.82) is 0 Å². The molecule has 1 amide bonds. The van der Waals surface area contributed by atoms with Gasteiger partial charge in [0.05, 0.1) is 5.75 Å². The number of carbonyl (C=O) groups is 1. The number of rotatable bonds is 6. The van der Waals surface area contributed by atoms with Crippen LogP contribution in [0.4, 0.5) is 0 Å². The zero-order valence-electron chi connectivity index (χ0n) is 10.6. The molecule has 0 saturated carbocycles. The molecule has 0 aliphatic heterocycles. The third kappa shape index (κ3) is 7.79. The molecule has 0 aliphatic carbocycles. The van der Waals surface area contributed by atoms with E-state index in [9.17, 15) is 13.2 Å². The van der Waals surface area contributed by atoms with Crippen molar-refractivity contribution in [3.8, 4) is 0 Å². The Hall–Kier alpha value is -1.14. The predicted octanol–water partition coefficient (Wildman–Crippen LogP) is 2.01. The third-order valence-electron chi connectivity index (χ3n) is 2.29. The molecule has 1 rings (SSSR count). The van der Waals surface area contributed by atoms with Crippen molar-refractivity contribution in [2.24, 2.45) is 0 Å². The summed E-state index contributed by atoms with van der Waals surface area (Å²) in [6.07, 6.45) is 4.75. The molecule has 19 heavy (non-hydrogen) atoms. The molecule has 1 aromatic carbocycles. The van der Waals surface area contributed by atoms with Gasteiger partial charge >= 0.3 is 0 Å². The molecule has 1 aromatic rings. The monoisotopic (exact) mass is 345 g/mol. The number of hydrogen-bond donors (Lipinski definition) is 1. The van der Waals surface area contributed by atoms with Crippen LogP contribution in [0.3, 0.4) is 0 Å². The number of benzene rings is 1. The van der Waals surface area contributed by atoms with Gasteiger partial charge in [0.1, 0.15) is 9.84 Å². The molecule has 0 radical (unpaired) electrons. The van der Waals surface area contributed by atoms with Crippen molar-refractivity contribution in [2.45, 2.75) is 6.42 Å². The summed E-state index contributed by atoms with van der Waals surface area (Å²) in [5.41, 5.74) is 0.925. The fourth-order valence-electron chi connectivity index (χ4n) is 1.35. The molecule has 0 fully saturated rings. The highest BCUT2D eigenvalue weighted by Gasteiger charge is 2.01. The summed E-state index contributed by atoms with van der Waals surface area (Å²) < 4.78 is 22.7. The maximum atomic E-state index is 11.5. The molecule has 4 nitrogen and oxygen atoms in total. The molecule has 0 spiro atoms. The van der Waals surface area contributed by atoms with Crippen molar-refractivity contribution in [3.05, 3.63) is 40.4 Å². The molecular formula is C13H16BrNO3S. The van der Waals surface area contributed by atoms with Crippen LogP contribution in [0.2, 0.25) is 0 Å². The summed E-state index contributed by atoms with van der Waals surface area (Å²) in [6.45, 7) is 0.358. The number of nitrogens with one attached hydrogen (secondary N) is 1. The zero-order chi connectivity index (χ0) is 14.3. The van der Waals surface area contributed by atoms with Gasteiger partial charge in [-0.15, -0.1) is 0 Å². The summed E-state index contributed by atoms with van der Waals surface area (Å²) >= 11 is 3.33. The normalized spacial score (nSPS) is 11.7. The van der Waals surface area contributed by atoms with Gasteiger partial charge in [0, 0.05) is 23.3 Å². The molecule has 0 saturated heterocycles. The largest absolute Gasteiger partial charge is 0.353 e. The lowest BCUT2D eigenvalue weighted by Gasteiger charge is -2.01. The van der Waals surface area contributed by atoms with Crippen molar-refractivity contribution in [3.63, 3.8) is 0 Å². The molecule has 0 aliphatic rings. The molecule has 0 unspecified atom stereocenters. The summed E-state index contributed by atoms with van der Waals surface area (Å²) in [6, 6.07) is 7.56. The molecule has 0 heterocycles. The number of halogens is 1. The molecule has 0 bridgehead atoms. The van der Waals surface area contributed by atoms with Gasteiger partial charge < -0.3 is 5.32 Å². The molecule has 0 aromatic heterocycles. The van der Waals surface area contributed by atoms with E-state index in [1.807, 2.05) is 24.3 Å². The lowest BCUT2D eigenvalue weighted by atomic mass is 10.2. The van der Waals surface area contributed by atoms with Crippen molar-refractivity contribution >= 4 is 37.8 Å².